The smallest absolute Gasteiger partial charge is 0.409 e. The Labute approximate surface area is 210 Å². The van der Waals surface area contributed by atoms with E-state index < -0.39 is 6.36 Å². The normalized spacial score (nSPS) is 18.7. The zero-order valence-corrected chi connectivity index (χ0v) is 20.3. The van der Waals surface area contributed by atoms with Gasteiger partial charge in [-0.15, -0.1) is 13.2 Å². The molecule has 5 nitrogen and oxygen atoms in total. The minimum Gasteiger partial charge on any atom is -0.409 e. The van der Waals surface area contributed by atoms with Gasteiger partial charge in [-0.25, -0.2) is 9.82 Å². The van der Waals surface area contributed by atoms with E-state index in [0.29, 0.717) is 5.75 Å². The molecule has 0 radical (unpaired) electrons. The highest BCUT2D eigenvalue weighted by Gasteiger charge is 2.31. The van der Waals surface area contributed by atoms with Gasteiger partial charge in [0.05, 0.1) is 0 Å². The molecule has 0 saturated heterocycles. The summed E-state index contributed by atoms with van der Waals surface area (Å²) >= 11 is 1.06. The molecule has 1 saturated carbocycles. The third kappa shape index (κ3) is 5.55. The molecule has 190 valence electrons. The highest BCUT2D eigenvalue weighted by Crippen LogP contribution is 2.38. The molecule has 0 spiro atoms. The van der Waals surface area contributed by atoms with Crippen molar-refractivity contribution in [2.75, 3.05) is 7.05 Å². The molecule has 1 N–H and O–H groups in total. The largest absolute Gasteiger partial charge is 0.573 e. The topological polar surface area (TPSA) is 38.7 Å². The van der Waals surface area contributed by atoms with E-state index in [1.165, 1.54) is 30.3 Å². The standard InChI is InChI=1S/C26H25F4N3O2S/c1-32(36-35-21-12-10-20(11-13-21)34-26(28,29)30)31-18-5-4-6-19(16-18)33-24-8-3-2-7-22(24)23-15-17(27)9-14-25(23)33/h2-3,7-15,18-19,31H,4-6,16H2,1H3. The van der Waals surface area contributed by atoms with E-state index in [9.17, 15) is 17.6 Å². The van der Waals surface area contributed by atoms with Crippen molar-refractivity contribution in [1.82, 2.24) is 14.4 Å². The summed E-state index contributed by atoms with van der Waals surface area (Å²) in [5.74, 6) is -0.135. The molecular weight excluding hydrogens is 494 g/mol. The van der Waals surface area contributed by atoms with Gasteiger partial charge in [-0.2, -0.15) is 4.41 Å². The van der Waals surface area contributed by atoms with Crippen molar-refractivity contribution in [3.05, 3.63) is 72.5 Å². The van der Waals surface area contributed by atoms with Gasteiger partial charge in [-0.3, -0.25) is 0 Å². The van der Waals surface area contributed by atoms with Gasteiger partial charge < -0.3 is 13.5 Å². The van der Waals surface area contributed by atoms with Gasteiger partial charge in [0.15, 0.2) is 12.2 Å². The molecule has 5 rings (SSSR count). The lowest BCUT2D eigenvalue weighted by atomic mass is 9.91. The number of hydrazine groups is 1. The van der Waals surface area contributed by atoms with E-state index in [-0.39, 0.29) is 23.7 Å². The first-order valence-corrected chi connectivity index (χ1v) is 12.4. The summed E-state index contributed by atoms with van der Waals surface area (Å²) in [6.45, 7) is 0. The molecule has 10 heteroatoms. The van der Waals surface area contributed by atoms with E-state index in [1.54, 1.807) is 10.5 Å². The second kappa shape index (κ2) is 10.2. The second-order valence-electron chi connectivity index (χ2n) is 8.87. The molecule has 4 aromatic rings. The van der Waals surface area contributed by atoms with Crippen LogP contribution in [0.5, 0.6) is 11.5 Å². The van der Waals surface area contributed by atoms with Crippen LogP contribution in [0, 0.1) is 5.82 Å². The van der Waals surface area contributed by atoms with Gasteiger partial charge in [-0.05, 0) is 74.2 Å². The average molecular weight is 520 g/mol. The summed E-state index contributed by atoms with van der Waals surface area (Å²) in [5, 5.41) is 1.98. The van der Waals surface area contributed by atoms with Crippen LogP contribution in [0.1, 0.15) is 31.7 Å². The van der Waals surface area contributed by atoms with Gasteiger partial charge in [0.1, 0.15) is 17.3 Å². The van der Waals surface area contributed by atoms with E-state index in [2.05, 4.69) is 20.8 Å². The lowest BCUT2D eigenvalue weighted by Gasteiger charge is -2.33. The Balaban J connectivity index is 1.23. The number of ether oxygens (including phenoxy) is 1. The van der Waals surface area contributed by atoms with Crippen molar-refractivity contribution < 1.29 is 26.5 Å². The molecule has 0 bridgehead atoms. The Morgan fingerprint density at radius 3 is 2.44 bits per heavy atom. The van der Waals surface area contributed by atoms with Crippen LogP contribution in [-0.2, 0) is 0 Å². The number of halogens is 4. The molecule has 0 aliphatic heterocycles. The van der Waals surface area contributed by atoms with Gasteiger partial charge in [0.25, 0.3) is 0 Å². The van der Waals surface area contributed by atoms with Crippen LogP contribution in [0.4, 0.5) is 17.6 Å². The molecule has 1 aromatic heterocycles. The summed E-state index contributed by atoms with van der Waals surface area (Å²) in [6, 6.07) is 18.8. The Morgan fingerprint density at radius 2 is 1.67 bits per heavy atom. The third-order valence-corrected chi connectivity index (χ3v) is 6.95. The minimum absolute atomic E-state index is 0.198. The molecule has 2 unspecified atom stereocenters. The molecule has 1 heterocycles. The average Bonchev–Trinajstić information content (AvgIpc) is 3.16. The number of fused-ring (bicyclic) bond motifs is 3. The molecule has 1 fully saturated rings. The Bertz CT molecular complexity index is 1340. The fourth-order valence-corrected chi connectivity index (χ4v) is 5.46. The highest BCUT2D eigenvalue weighted by atomic mass is 32.2. The number of nitrogens with zero attached hydrogens (tertiary/aromatic N) is 2. The summed E-state index contributed by atoms with van der Waals surface area (Å²) < 4.78 is 64.6. The van der Waals surface area contributed by atoms with Crippen molar-refractivity contribution in [3.8, 4) is 11.5 Å². The number of rotatable bonds is 7. The number of aromatic nitrogens is 1. The van der Waals surface area contributed by atoms with Crippen LogP contribution < -0.4 is 14.3 Å². The van der Waals surface area contributed by atoms with E-state index >= 15 is 0 Å². The quantitative estimate of drug-likeness (QED) is 0.119. The highest BCUT2D eigenvalue weighted by molar-refractivity contribution is 7.92. The molecule has 1 aliphatic carbocycles. The van der Waals surface area contributed by atoms with Crippen LogP contribution in [0.2, 0.25) is 0 Å². The van der Waals surface area contributed by atoms with Crippen LogP contribution in [-0.4, -0.2) is 28.4 Å². The lowest BCUT2D eigenvalue weighted by Crippen LogP contribution is -2.41. The molecule has 0 amide bonds. The van der Waals surface area contributed by atoms with Crippen molar-refractivity contribution in [2.24, 2.45) is 0 Å². The summed E-state index contributed by atoms with van der Waals surface area (Å²) in [6.07, 6.45) is -0.773. The summed E-state index contributed by atoms with van der Waals surface area (Å²) in [4.78, 5) is 0. The minimum atomic E-state index is -4.73. The molecule has 1 aliphatic rings. The summed E-state index contributed by atoms with van der Waals surface area (Å²) in [5.41, 5.74) is 5.59. The Hall–Kier alpha value is -2.95. The molecule has 2 atom stereocenters. The maximum Gasteiger partial charge on any atom is 0.573 e. The van der Waals surface area contributed by atoms with Crippen molar-refractivity contribution in [1.29, 1.82) is 0 Å². The first-order valence-electron chi connectivity index (χ1n) is 11.7. The number of alkyl halides is 3. The van der Waals surface area contributed by atoms with Crippen molar-refractivity contribution >= 4 is 34.0 Å². The van der Waals surface area contributed by atoms with Crippen molar-refractivity contribution in [2.45, 2.75) is 44.1 Å². The van der Waals surface area contributed by atoms with E-state index in [0.717, 1.165) is 59.7 Å². The first kappa shape index (κ1) is 24.7. The second-order valence-corrected chi connectivity index (χ2v) is 9.73. The van der Waals surface area contributed by atoms with Crippen LogP contribution in [0.25, 0.3) is 21.8 Å². The van der Waals surface area contributed by atoms with Gasteiger partial charge in [0, 0.05) is 40.9 Å². The summed E-state index contributed by atoms with van der Waals surface area (Å²) in [7, 11) is 1.83. The molecular formula is C26H25F4N3O2S. The molecule has 36 heavy (non-hydrogen) atoms. The maximum absolute atomic E-state index is 14.0. The molecule has 3 aromatic carbocycles. The van der Waals surface area contributed by atoms with Gasteiger partial charge in [0.2, 0.25) is 0 Å². The zero-order valence-electron chi connectivity index (χ0n) is 19.5. The maximum atomic E-state index is 14.0. The predicted octanol–water partition coefficient (Wildman–Crippen LogP) is 7.39. The van der Waals surface area contributed by atoms with Crippen LogP contribution in [0.15, 0.2) is 66.7 Å². The van der Waals surface area contributed by atoms with Gasteiger partial charge >= 0.3 is 6.36 Å². The Morgan fingerprint density at radius 1 is 0.944 bits per heavy atom. The van der Waals surface area contributed by atoms with E-state index in [1.807, 2.05) is 31.3 Å². The fraction of sp³-hybridized carbons (Fsp3) is 0.308. The van der Waals surface area contributed by atoms with Crippen LogP contribution in [0.3, 0.4) is 0 Å². The van der Waals surface area contributed by atoms with Crippen LogP contribution >= 0.6 is 12.2 Å². The fourth-order valence-electron chi connectivity index (χ4n) is 4.96. The van der Waals surface area contributed by atoms with E-state index in [4.69, 9.17) is 4.18 Å². The zero-order chi connectivity index (χ0) is 25.3. The SMILES string of the molecule is CN(NC1CCCC(n2c3ccccc3c3cc(F)ccc32)C1)SOc1ccc(OC(F)(F)F)cc1. The first-order chi connectivity index (χ1) is 17.3. The lowest BCUT2D eigenvalue weighted by molar-refractivity contribution is -0.274. The number of para-hydroxylation sites is 1. The monoisotopic (exact) mass is 519 g/mol. The van der Waals surface area contributed by atoms with Crippen molar-refractivity contribution in [3.63, 3.8) is 0 Å². The third-order valence-electron chi connectivity index (χ3n) is 6.35. The number of nitrogens with one attached hydrogen (secondary N) is 1. The predicted molar refractivity (Wildman–Crippen MR) is 133 cm³/mol. The number of hydrogen-bond acceptors (Lipinski definition) is 5. The number of hydrogen-bond donors (Lipinski definition) is 1. The number of benzene rings is 3. The van der Waals surface area contributed by atoms with Gasteiger partial charge in [-0.1, -0.05) is 18.2 Å². The Kier molecular flexibility index (Phi) is 7.00.